The molecule has 0 N–H and O–H groups in total. The summed E-state index contributed by atoms with van der Waals surface area (Å²) in [5.74, 6) is 1.11. The number of nitrogens with zero attached hydrogens (tertiary/aromatic N) is 4. The molecule has 1 unspecified atom stereocenters. The molecule has 1 amide bonds. The van der Waals surface area contributed by atoms with Gasteiger partial charge in [-0.25, -0.2) is 4.79 Å². The van der Waals surface area contributed by atoms with E-state index in [1.165, 1.54) is 5.56 Å². The number of carbonyl (C=O) groups is 1. The van der Waals surface area contributed by atoms with Gasteiger partial charge >= 0.3 is 6.09 Å². The third-order valence-corrected chi connectivity index (χ3v) is 7.95. The normalized spacial score (nSPS) is 15.2. The molecule has 45 heavy (non-hydrogen) atoms. The molecule has 8 nitrogen and oxygen atoms in total. The summed E-state index contributed by atoms with van der Waals surface area (Å²) in [5.41, 5.74) is 5.37. The second kappa shape index (κ2) is 13.0. The standard InChI is InChI=1S/C37H40N4O4/c1-37(2,3)45-36(42)41-22-12-17-28(23-41)29-18-11-19-30-33(39-40(4)34(29)30)31-20-21-32(43-24-26-13-7-5-8-14-26)38-35(31)44-25-27-15-9-6-10-16-27/h5-11,13-16,18-21,28H,12,17,22-25H2,1-4H3. The highest BCUT2D eigenvalue weighted by Gasteiger charge is 2.30. The monoisotopic (exact) mass is 604 g/mol. The summed E-state index contributed by atoms with van der Waals surface area (Å²) >= 11 is 0. The van der Waals surface area contributed by atoms with Crippen LogP contribution in [0.25, 0.3) is 22.2 Å². The molecule has 3 heterocycles. The predicted molar refractivity (Wildman–Crippen MR) is 175 cm³/mol. The van der Waals surface area contributed by atoms with Crippen molar-refractivity contribution < 1.29 is 19.0 Å². The van der Waals surface area contributed by atoms with Crippen molar-refractivity contribution in [2.24, 2.45) is 7.05 Å². The van der Waals surface area contributed by atoms with Gasteiger partial charge in [0.2, 0.25) is 11.8 Å². The first kappa shape index (κ1) is 30.2. The van der Waals surface area contributed by atoms with E-state index in [9.17, 15) is 4.79 Å². The molecule has 3 aromatic carbocycles. The van der Waals surface area contributed by atoms with Crippen molar-refractivity contribution >= 4 is 17.0 Å². The number of hydrogen-bond acceptors (Lipinski definition) is 6. The van der Waals surface area contributed by atoms with Crippen molar-refractivity contribution in [2.45, 2.75) is 58.3 Å². The molecule has 6 rings (SSSR count). The highest BCUT2D eigenvalue weighted by atomic mass is 16.6. The van der Waals surface area contributed by atoms with Gasteiger partial charge in [0.15, 0.2) is 0 Å². The molecule has 1 saturated heterocycles. The second-order valence-electron chi connectivity index (χ2n) is 12.5. The maximum atomic E-state index is 12.9. The van der Waals surface area contributed by atoms with E-state index < -0.39 is 5.60 Å². The lowest BCUT2D eigenvalue weighted by atomic mass is 9.89. The lowest BCUT2D eigenvalue weighted by molar-refractivity contribution is 0.0198. The molecule has 2 aromatic heterocycles. The van der Waals surface area contributed by atoms with Crippen molar-refractivity contribution in [3.63, 3.8) is 0 Å². The van der Waals surface area contributed by atoms with Gasteiger partial charge in [0.1, 0.15) is 24.5 Å². The number of hydrogen-bond donors (Lipinski definition) is 0. The van der Waals surface area contributed by atoms with Gasteiger partial charge in [0.25, 0.3) is 0 Å². The van der Waals surface area contributed by atoms with Crippen molar-refractivity contribution in [1.82, 2.24) is 19.7 Å². The number of pyridine rings is 1. The van der Waals surface area contributed by atoms with Crippen LogP contribution in [0.15, 0.2) is 91.0 Å². The average molecular weight is 605 g/mol. The molecule has 0 bridgehead atoms. The van der Waals surface area contributed by atoms with Crippen LogP contribution in [0.2, 0.25) is 0 Å². The van der Waals surface area contributed by atoms with Gasteiger partial charge in [-0.1, -0.05) is 78.9 Å². The molecule has 1 aliphatic rings. The van der Waals surface area contributed by atoms with E-state index in [4.69, 9.17) is 24.3 Å². The van der Waals surface area contributed by atoms with Crippen LogP contribution in [0.3, 0.4) is 0 Å². The largest absolute Gasteiger partial charge is 0.473 e. The SMILES string of the molecule is Cn1nc(-c2ccc(OCc3ccccc3)nc2OCc2ccccc2)c2cccc(C3CCCN(C(=O)OC(C)(C)C)C3)c21. The zero-order valence-electron chi connectivity index (χ0n) is 26.4. The first-order valence-corrected chi connectivity index (χ1v) is 15.5. The van der Waals surface area contributed by atoms with Gasteiger partial charge in [0.05, 0.1) is 11.1 Å². The molecular weight excluding hydrogens is 564 g/mol. The van der Waals surface area contributed by atoms with Crippen LogP contribution in [0.5, 0.6) is 11.8 Å². The summed E-state index contributed by atoms with van der Waals surface area (Å²) in [4.78, 5) is 19.6. The Morgan fingerprint density at radius 2 is 1.56 bits per heavy atom. The number of rotatable bonds is 8. The lowest BCUT2D eigenvalue weighted by Crippen LogP contribution is -2.42. The van der Waals surface area contributed by atoms with Crippen LogP contribution < -0.4 is 9.47 Å². The zero-order valence-corrected chi connectivity index (χ0v) is 26.4. The third-order valence-electron chi connectivity index (χ3n) is 7.95. The van der Waals surface area contributed by atoms with E-state index in [1.807, 2.05) is 110 Å². The fourth-order valence-corrected chi connectivity index (χ4v) is 5.87. The summed E-state index contributed by atoms with van der Waals surface area (Å²) < 4.78 is 20.1. The summed E-state index contributed by atoms with van der Waals surface area (Å²) in [5, 5.41) is 6.02. The number of aromatic nitrogens is 3. The number of aryl methyl sites for hydroxylation is 1. The molecule has 1 aliphatic heterocycles. The molecular formula is C37H40N4O4. The Morgan fingerprint density at radius 3 is 2.24 bits per heavy atom. The average Bonchev–Trinajstić information content (AvgIpc) is 3.39. The van der Waals surface area contributed by atoms with E-state index in [2.05, 4.69) is 18.2 Å². The van der Waals surface area contributed by atoms with Crippen molar-refractivity contribution in [3.05, 3.63) is 108 Å². The fourth-order valence-electron chi connectivity index (χ4n) is 5.87. The molecule has 5 aromatic rings. The number of amides is 1. The Bertz CT molecular complexity index is 1760. The number of para-hydroxylation sites is 1. The maximum absolute atomic E-state index is 12.9. The van der Waals surface area contributed by atoms with Crippen LogP contribution in [-0.2, 0) is 25.0 Å². The van der Waals surface area contributed by atoms with Gasteiger partial charge in [-0.3, -0.25) is 4.68 Å². The first-order chi connectivity index (χ1) is 21.7. The zero-order chi connectivity index (χ0) is 31.4. The Hall–Kier alpha value is -4.85. The van der Waals surface area contributed by atoms with Crippen molar-refractivity contribution in [2.75, 3.05) is 13.1 Å². The van der Waals surface area contributed by atoms with Crippen LogP contribution >= 0.6 is 0 Å². The minimum Gasteiger partial charge on any atom is -0.473 e. The van der Waals surface area contributed by atoms with Crippen molar-refractivity contribution in [3.8, 4) is 23.0 Å². The quantitative estimate of drug-likeness (QED) is 0.179. The number of benzene rings is 3. The van der Waals surface area contributed by atoms with E-state index in [-0.39, 0.29) is 12.0 Å². The molecule has 232 valence electrons. The van der Waals surface area contributed by atoms with Gasteiger partial charge in [-0.05, 0) is 56.4 Å². The van der Waals surface area contributed by atoms with Crippen LogP contribution in [0, 0.1) is 0 Å². The van der Waals surface area contributed by atoms with E-state index in [0.717, 1.165) is 46.1 Å². The summed E-state index contributed by atoms with van der Waals surface area (Å²) in [7, 11) is 1.97. The number of piperidine rings is 1. The number of carbonyl (C=O) groups excluding carboxylic acids is 1. The number of ether oxygens (including phenoxy) is 3. The smallest absolute Gasteiger partial charge is 0.410 e. The Kier molecular flexibility index (Phi) is 8.74. The summed E-state index contributed by atoms with van der Waals surface area (Å²) in [6, 6.07) is 30.2. The molecule has 0 spiro atoms. The molecule has 8 heteroatoms. The minimum atomic E-state index is -0.530. The van der Waals surface area contributed by atoms with Crippen LogP contribution in [0.4, 0.5) is 4.79 Å². The Balaban J connectivity index is 1.33. The predicted octanol–water partition coefficient (Wildman–Crippen LogP) is 7.91. The van der Waals surface area contributed by atoms with Crippen molar-refractivity contribution in [1.29, 1.82) is 0 Å². The number of fused-ring (bicyclic) bond motifs is 1. The fraction of sp³-hybridized carbons (Fsp3) is 0.324. The molecule has 0 saturated carbocycles. The molecule has 0 aliphatic carbocycles. The summed E-state index contributed by atoms with van der Waals surface area (Å²) in [6.07, 6.45) is 1.64. The molecule has 0 radical (unpaired) electrons. The van der Waals surface area contributed by atoms with Gasteiger partial charge in [0, 0.05) is 37.5 Å². The highest BCUT2D eigenvalue weighted by molar-refractivity contribution is 5.96. The second-order valence-corrected chi connectivity index (χ2v) is 12.5. The highest BCUT2D eigenvalue weighted by Crippen LogP contribution is 2.39. The number of likely N-dealkylation sites (tertiary alicyclic amines) is 1. The van der Waals surface area contributed by atoms with E-state index in [0.29, 0.717) is 38.1 Å². The van der Waals surface area contributed by atoms with Crippen LogP contribution in [0.1, 0.15) is 56.2 Å². The molecule has 1 fully saturated rings. The van der Waals surface area contributed by atoms with E-state index in [1.54, 1.807) is 0 Å². The maximum Gasteiger partial charge on any atom is 0.410 e. The Labute approximate surface area is 264 Å². The first-order valence-electron chi connectivity index (χ1n) is 15.5. The summed E-state index contributed by atoms with van der Waals surface area (Å²) in [6.45, 7) is 7.78. The Morgan fingerprint density at radius 1 is 0.867 bits per heavy atom. The van der Waals surface area contributed by atoms with Gasteiger partial charge in [-0.2, -0.15) is 10.1 Å². The van der Waals surface area contributed by atoms with Gasteiger partial charge < -0.3 is 19.1 Å². The van der Waals surface area contributed by atoms with Crippen LogP contribution in [-0.4, -0.2) is 44.4 Å². The third kappa shape index (κ3) is 7.11. The molecule has 1 atom stereocenters. The minimum absolute atomic E-state index is 0.166. The lowest BCUT2D eigenvalue weighted by Gasteiger charge is -2.34. The van der Waals surface area contributed by atoms with E-state index >= 15 is 0 Å². The van der Waals surface area contributed by atoms with Gasteiger partial charge in [-0.15, -0.1) is 0 Å². The topological polar surface area (TPSA) is 78.7 Å².